The van der Waals surface area contributed by atoms with Crippen LogP contribution in [0.2, 0.25) is 0 Å². The van der Waals surface area contributed by atoms with Crippen LogP contribution in [0.5, 0.6) is 0 Å². The zero-order valence-corrected chi connectivity index (χ0v) is 11.5. The molecular weight excluding hydrogens is 256 g/mol. The van der Waals surface area contributed by atoms with Crippen LogP contribution in [0.1, 0.15) is 12.0 Å². The number of β-lactam (4-membered cyclic amide) rings is 1. The van der Waals surface area contributed by atoms with Crippen LogP contribution in [0.15, 0.2) is 30.3 Å². The summed E-state index contributed by atoms with van der Waals surface area (Å²) in [7, 11) is 1.86. The van der Waals surface area contributed by atoms with E-state index in [9.17, 15) is 9.90 Å². The Balaban J connectivity index is 1.64. The lowest BCUT2D eigenvalue weighted by Crippen LogP contribution is -2.75. The van der Waals surface area contributed by atoms with Crippen LogP contribution in [0.4, 0.5) is 0 Å². The molecule has 2 aliphatic rings. The summed E-state index contributed by atoms with van der Waals surface area (Å²) in [5, 5.41) is 13.0. The molecule has 108 valence electrons. The van der Waals surface area contributed by atoms with Gasteiger partial charge in [0.25, 0.3) is 5.91 Å². The number of aliphatic hydroxyl groups is 1. The fraction of sp³-hybridized carbons (Fsp3) is 0.533. The van der Waals surface area contributed by atoms with E-state index in [0.717, 1.165) is 5.56 Å². The minimum atomic E-state index is -0.442. The number of hydrogen-bond donors (Lipinski definition) is 2. The van der Waals surface area contributed by atoms with E-state index in [1.165, 1.54) is 0 Å². The van der Waals surface area contributed by atoms with Crippen molar-refractivity contribution in [2.45, 2.75) is 37.3 Å². The number of ether oxygens (including phenoxy) is 1. The Morgan fingerprint density at radius 1 is 1.40 bits per heavy atom. The number of amides is 1. The van der Waals surface area contributed by atoms with Gasteiger partial charge < -0.3 is 20.1 Å². The van der Waals surface area contributed by atoms with Crippen LogP contribution in [-0.4, -0.2) is 53.8 Å². The van der Waals surface area contributed by atoms with Gasteiger partial charge in [-0.15, -0.1) is 0 Å². The molecule has 0 radical (unpaired) electrons. The standard InChI is InChI=1S/C15H20N2O3/c1-16-12-7-11(18)8-17-13(12)14(15(17)19)20-9-10-5-3-2-4-6-10/h2-6,11-14,16,18H,7-9H2,1H3/t11-,12+,13+,14-/m1/s1. The van der Waals surface area contributed by atoms with Gasteiger partial charge in [-0.1, -0.05) is 30.3 Å². The Labute approximate surface area is 118 Å². The molecule has 1 amide bonds. The zero-order chi connectivity index (χ0) is 14.1. The molecule has 4 atom stereocenters. The van der Waals surface area contributed by atoms with Gasteiger partial charge >= 0.3 is 0 Å². The first-order valence-electron chi connectivity index (χ1n) is 7.02. The van der Waals surface area contributed by atoms with Crippen molar-refractivity contribution in [3.8, 4) is 0 Å². The molecule has 0 spiro atoms. The van der Waals surface area contributed by atoms with Crippen molar-refractivity contribution in [1.82, 2.24) is 10.2 Å². The van der Waals surface area contributed by atoms with E-state index < -0.39 is 6.10 Å². The lowest BCUT2D eigenvalue weighted by molar-refractivity contribution is -0.188. The number of piperidine rings is 1. The van der Waals surface area contributed by atoms with Crippen molar-refractivity contribution in [1.29, 1.82) is 0 Å². The monoisotopic (exact) mass is 276 g/mol. The number of carbonyl (C=O) groups excluding carboxylic acids is 1. The van der Waals surface area contributed by atoms with E-state index in [-0.39, 0.29) is 24.1 Å². The molecule has 2 aliphatic heterocycles. The molecule has 2 fully saturated rings. The molecule has 2 saturated heterocycles. The fourth-order valence-electron chi connectivity index (χ4n) is 3.13. The molecule has 2 heterocycles. The third kappa shape index (κ3) is 2.32. The van der Waals surface area contributed by atoms with Crippen LogP contribution in [0, 0.1) is 0 Å². The van der Waals surface area contributed by atoms with E-state index in [1.807, 2.05) is 37.4 Å². The van der Waals surface area contributed by atoms with Crippen LogP contribution in [0.3, 0.4) is 0 Å². The Kier molecular flexibility index (Phi) is 3.74. The number of likely N-dealkylation sites (N-methyl/N-ethyl adjacent to an activating group) is 1. The molecule has 1 aromatic rings. The van der Waals surface area contributed by atoms with Crippen LogP contribution in [-0.2, 0) is 16.1 Å². The van der Waals surface area contributed by atoms with Gasteiger partial charge in [0.2, 0.25) is 0 Å². The van der Waals surface area contributed by atoms with Crippen molar-refractivity contribution in [3.05, 3.63) is 35.9 Å². The molecule has 3 rings (SSSR count). The minimum Gasteiger partial charge on any atom is -0.391 e. The summed E-state index contributed by atoms with van der Waals surface area (Å²) in [6.07, 6.45) is -0.168. The zero-order valence-electron chi connectivity index (χ0n) is 11.5. The second kappa shape index (κ2) is 5.52. The molecule has 5 nitrogen and oxygen atoms in total. The molecule has 5 heteroatoms. The van der Waals surface area contributed by atoms with Gasteiger partial charge in [-0.2, -0.15) is 0 Å². The van der Waals surface area contributed by atoms with Gasteiger partial charge in [0.05, 0.1) is 18.8 Å². The van der Waals surface area contributed by atoms with Gasteiger partial charge in [-0.25, -0.2) is 0 Å². The van der Waals surface area contributed by atoms with Crippen LogP contribution < -0.4 is 5.32 Å². The molecular formula is C15H20N2O3. The number of rotatable bonds is 4. The van der Waals surface area contributed by atoms with Crippen molar-refractivity contribution >= 4 is 5.91 Å². The third-order valence-corrected chi connectivity index (χ3v) is 4.19. The first kappa shape index (κ1) is 13.5. The van der Waals surface area contributed by atoms with E-state index in [2.05, 4.69) is 5.32 Å². The van der Waals surface area contributed by atoms with Gasteiger partial charge in [-0.3, -0.25) is 4.79 Å². The Morgan fingerprint density at radius 3 is 2.85 bits per heavy atom. The maximum Gasteiger partial charge on any atom is 0.254 e. The second-order valence-electron chi connectivity index (χ2n) is 5.48. The molecule has 1 aromatic carbocycles. The first-order chi connectivity index (χ1) is 9.70. The number of carbonyl (C=O) groups is 1. The maximum absolute atomic E-state index is 12.1. The van der Waals surface area contributed by atoms with Crippen molar-refractivity contribution in [2.75, 3.05) is 13.6 Å². The number of benzene rings is 1. The van der Waals surface area contributed by atoms with Crippen LogP contribution in [0.25, 0.3) is 0 Å². The predicted molar refractivity (Wildman–Crippen MR) is 74.0 cm³/mol. The number of nitrogens with one attached hydrogen (secondary N) is 1. The molecule has 0 aliphatic carbocycles. The van der Waals surface area contributed by atoms with Gasteiger partial charge in [0.1, 0.15) is 0 Å². The number of hydrogen-bond acceptors (Lipinski definition) is 4. The summed E-state index contributed by atoms with van der Waals surface area (Å²) in [6, 6.07) is 9.99. The predicted octanol–water partition coefficient (Wildman–Crippen LogP) is 0.135. The topological polar surface area (TPSA) is 61.8 Å². The summed E-state index contributed by atoms with van der Waals surface area (Å²) < 4.78 is 5.80. The molecule has 0 bridgehead atoms. The highest BCUT2D eigenvalue weighted by Gasteiger charge is 2.54. The van der Waals surface area contributed by atoms with E-state index in [0.29, 0.717) is 19.6 Å². The third-order valence-electron chi connectivity index (χ3n) is 4.19. The highest BCUT2D eigenvalue weighted by atomic mass is 16.5. The van der Waals surface area contributed by atoms with Crippen LogP contribution >= 0.6 is 0 Å². The van der Waals surface area contributed by atoms with E-state index >= 15 is 0 Å². The maximum atomic E-state index is 12.1. The largest absolute Gasteiger partial charge is 0.391 e. The minimum absolute atomic E-state index is 0.00932. The highest BCUT2D eigenvalue weighted by Crippen LogP contribution is 2.32. The Morgan fingerprint density at radius 2 is 2.15 bits per heavy atom. The first-order valence-corrected chi connectivity index (χ1v) is 7.02. The fourth-order valence-corrected chi connectivity index (χ4v) is 3.13. The summed E-state index contributed by atoms with van der Waals surface area (Å²) in [6.45, 7) is 0.869. The van der Waals surface area contributed by atoms with E-state index in [4.69, 9.17) is 4.74 Å². The number of nitrogens with zero attached hydrogens (tertiary/aromatic N) is 1. The quantitative estimate of drug-likeness (QED) is 0.768. The molecule has 2 N–H and O–H groups in total. The number of fused-ring (bicyclic) bond motifs is 1. The van der Waals surface area contributed by atoms with Gasteiger partial charge in [0.15, 0.2) is 6.10 Å². The van der Waals surface area contributed by atoms with Crippen molar-refractivity contribution in [2.24, 2.45) is 0 Å². The van der Waals surface area contributed by atoms with Gasteiger partial charge in [0, 0.05) is 12.6 Å². The Bertz CT molecular complexity index is 479. The molecule has 20 heavy (non-hydrogen) atoms. The summed E-state index contributed by atoms with van der Waals surface area (Å²) in [4.78, 5) is 13.8. The average molecular weight is 276 g/mol. The molecule has 0 unspecified atom stereocenters. The van der Waals surface area contributed by atoms with Gasteiger partial charge in [-0.05, 0) is 19.0 Å². The SMILES string of the molecule is CN[C@H]1C[C@@H](O)CN2C(=O)[C@H](OCc3ccccc3)[C@H]12. The lowest BCUT2D eigenvalue weighted by atomic mass is 9.83. The average Bonchev–Trinajstić information content (AvgIpc) is 2.48. The number of aliphatic hydroxyl groups excluding tert-OH is 1. The molecule has 0 aromatic heterocycles. The second-order valence-corrected chi connectivity index (χ2v) is 5.48. The molecule has 0 saturated carbocycles. The lowest BCUT2D eigenvalue weighted by Gasteiger charge is -2.54. The summed E-state index contributed by atoms with van der Waals surface area (Å²) >= 11 is 0. The Hall–Kier alpha value is -1.43. The van der Waals surface area contributed by atoms with Crippen molar-refractivity contribution < 1.29 is 14.6 Å². The highest BCUT2D eigenvalue weighted by molar-refractivity contribution is 5.89. The van der Waals surface area contributed by atoms with Crippen molar-refractivity contribution in [3.63, 3.8) is 0 Å². The smallest absolute Gasteiger partial charge is 0.254 e. The normalized spacial score (nSPS) is 32.7. The summed E-state index contributed by atoms with van der Waals surface area (Å²) in [5.41, 5.74) is 1.07. The summed E-state index contributed by atoms with van der Waals surface area (Å²) in [5.74, 6) is -0.00932. The van der Waals surface area contributed by atoms with E-state index in [1.54, 1.807) is 4.90 Å².